The van der Waals surface area contributed by atoms with Crippen LogP contribution in [0.2, 0.25) is 0 Å². The average Bonchev–Trinajstić information content (AvgIpc) is 2.58. The lowest BCUT2D eigenvalue weighted by atomic mass is 9.80. The first-order chi connectivity index (χ1) is 11.9. The van der Waals surface area contributed by atoms with Crippen LogP contribution in [0.1, 0.15) is 64.3 Å². The van der Waals surface area contributed by atoms with Crippen molar-refractivity contribution in [2.24, 2.45) is 17.3 Å². The Hall–Kier alpha value is -1.63. The highest BCUT2D eigenvalue weighted by atomic mass is 14.7. The van der Waals surface area contributed by atoms with E-state index >= 15 is 0 Å². The molecule has 0 N–H and O–H groups in total. The van der Waals surface area contributed by atoms with Crippen LogP contribution in [-0.2, 0) is 19.3 Å². The van der Waals surface area contributed by atoms with Crippen LogP contribution in [0.15, 0.2) is 48.7 Å². The number of aryl methyl sites for hydroxylation is 1. The Kier molecular flexibility index (Phi) is 7.23. The number of aromatic nitrogens is 1. The molecule has 0 radical (unpaired) electrons. The highest BCUT2D eigenvalue weighted by Gasteiger charge is 2.19. The van der Waals surface area contributed by atoms with Crippen LogP contribution >= 0.6 is 0 Å². The molecule has 0 aliphatic carbocycles. The monoisotopic (exact) mass is 337 g/mol. The maximum Gasteiger partial charge on any atom is 0.0403 e. The summed E-state index contributed by atoms with van der Waals surface area (Å²) in [4.78, 5) is 4.46. The Morgan fingerprint density at radius 2 is 1.76 bits per heavy atom. The van der Waals surface area contributed by atoms with Crippen LogP contribution in [0, 0.1) is 17.3 Å². The third-order valence-electron chi connectivity index (χ3n) is 5.42. The molecule has 25 heavy (non-hydrogen) atoms. The van der Waals surface area contributed by atoms with Crippen LogP contribution < -0.4 is 0 Å². The van der Waals surface area contributed by atoms with E-state index in [1.807, 2.05) is 12.3 Å². The van der Waals surface area contributed by atoms with Gasteiger partial charge in [0.25, 0.3) is 0 Å². The third-order valence-corrected chi connectivity index (χ3v) is 5.42. The van der Waals surface area contributed by atoms with Crippen LogP contribution in [-0.4, -0.2) is 4.98 Å². The molecule has 0 amide bonds. The molecule has 0 saturated carbocycles. The van der Waals surface area contributed by atoms with Gasteiger partial charge in [0.2, 0.25) is 0 Å². The summed E-state index contributed by atoms with van der Waals surface area (Å²) in [6.45, 7) is 11.8. The van der Waals surface area contributed by atoms with Crippen LogP contribution in [0.25, 0.3) is 0 Å². The van der Waals surface area contributed by atoms with Gasteiger partial charge < -0.3 is 0 Å². The first kappa shape index (κ1) is 19.7. The molecule has 0 fully saturated rings. The molecule has 0 spiro atoms. The summed E-state index contributed by atoms with van der Waals surface area (Å²) in [5, 5.41) is 0. The highest BCUT2D eigenvalue weighted by Crippen LogP contribution is 2.29. The van der Waals surface area contributed by atoms with E-state index in [-0.39, 0.29) is 0 Å². The van der Waals surface area contributed by atoms with Gasteiger partial charge in [-0.3, -0.25) is 4.98 Å². The zero-order chi connectivity index (χ0) is 18.3. The quantitative estimate of drug-likeness (QED) is 0.508. The topological polar surface area (TPSA) is 12.9 Å². The molecule has 1 aromatic carbocycles. The van der Waals surface area contributed by atoms with Gasteiger partial charge in [0, 0.05) is 11.9 Å². The van der Waals surface area contributed by atoms with E-state index in [1.54, 1.807) is 0 Å². The van der Waals surface area contributed by atoms with E-state index in [2.05, 4.69) is 76.0 Å². The fourth-order valence-electron chi connectivity index (χ4n) is 3.67. The highest BCUT2D eigenvalue weighted by molar-refractivity contribution is 5.25. The molecule has 1 aromatic heterocycles. The van der Waals surface area contributed by atoms with Crippen molar-refractivity contribution in [1.82, 2.24) is 4.98 Å². The smallest absolute Gasteiger partial charge is 0.0403 e. The normalized spacial score (nSPS) is 13.2. The van der Waals surface area contributed by atoms with Gasteiger partial charge in [0.05, 0.1) is 0 Å². The van der Waals surface area contributed by atoms with Gasteiger partial charge in [-0.05, 0) is 66.2 Å². The zero-order valence-electron chi connectivity index (χ0n) is 16.8. The van der Waals surface area contributed by atoms with E-state index in [1.165, 1.54) is 29.7 Å². The molecule has 1 heteroatoms. The number of nitrogens with zero attached hydrogens (tertiary/aromatic N) is 1. The second-order valence-electron chi connectivity index (χ2n) is 8.60. The molecule has 0 bridgehead atoms. The van der Waals surface area contributed by atoms with Gasteiger partial charge in [0.15, 0.2) is 0 Å². The largest absolute Gasteiger partial charge is 0.261 e. The summed E-state index contributed by atoms with van der Waals surface area (Å²) in [6, 6.07) is 15.5. The summed E-state index contributed by atoms with van der Waals surface area (Å²) in [5.41, 5.74) is 4.46. The lowest BCUT2D eigenvalue weighted by Crippen LogP contribution is -2.17. The summed E-state index contributed by atoms with van der Waals surface area (Å²) >= 11 is 0. The minimum Gasteiger partial charge on any atom is -0.261 e. The SMILES string of the molecule is CCC(Cc1cccc(CC(C)(C)CCc2ccccn2)c1)C(C)C. The van der Waals surface area contributed by atoms with E-state index in [4.69, 9.17) is 0 Å². The summed E-state index contributed by atoms with van der Waals surface area (Å²) < 4.78 is 0. The van der Waals surface area contributed by atoms with E-state index in [9.17, 15) is 0 Å². The van der Waals surface area contributed by atoms with Gasteiger partial charge in [-0.1, -0.05) is 71.4 Å². The first-order valence-electron chi connectivity index (χ1n) is 9.87. The molecule has 0 aliphatic heterocycles. The first-order valence-corrected chi connectivity index (χ1v) is 9.87. The van der Waals surface area contributed by atoms with Crippen LogP contribution in [0.4, 0.5) is 0 Å². The molecule has 2 rings (SSSR count). The molecule has 0 aliphatic rings. The van der Waals surface area contributed by atoms with Crippen molar-refractivity contribution in [1.29, 1.82) is 0 Å². The van der Waals surface area contributed by atoms with Gasteiger partial charge in [0.1, 0.15) is 0 Å². The van der Waals surface area contributed by atoms with Crippen LogP contribution in [0.3, 0.4) is 0 Å². The number of hydrogen-bond donors (Lipinski definition) is 0. The van der Waals surface area contributed by atoms with Crippen molar-refractivity contribution in [2.45, 2.75) is 66.7 Å². The Labute approximate surface area is 154 Å². The summed E-state index contributed by atoms with van der Waals surface area (Å²) in [7, 11) is 0. The fraction of sp³-hybridized carbons (Fsp3) is 0.542. The van der Waals surface area contributed by atoms with Gasteiger partial charge in [-0.25, -0.2) is 0 Å². The Balaban J connectivity index is 1.97. The predicted molar refractivity (Wildman–Crippen MR) is 109 cm³/mol. The second-order valence-corrected chi connectivity index (χ2v) is 8.60. The summed E-state index contributed by atoms with van der Waals surface area (Å²) in [5.74, 6) is 1.54. The molecule has 1 heterocycles. The predicted octanol–water partition coefficient (Wildman–Crippen LogP) is 6.51. The standard InChI is InChI=1S/C24H35N/c1-6-22(19(2)3)17-20-10-9-11-21(16-20)18-24(4,5)14-13-23-12-7-8-15-25-23/h7-12,15-16,19,22H,6,13-14,17-18H2,1-5H3. The minimum absolute atomic E-state index is 0.290. The maximum absolute atomic E-state index is 4.46. The van der Waals surface area contributed by atoms with Crippen molar-refractivity contribution in [3.8, 4) is 0 Å². The molecular formula is C24H35N. The molecule has 2 aromatic rings. The van der Waals surface area contributed by atoms with Crippen LogP contribution in [0.5, 0.6) is 0 Å². The molecule has 136 valence electrons. The van der Waals surface area contributed by atoms with Gasteiger partial charge >= 0.3 is 0 Å². The van der Waals surface area contributed by atoms with Crippen molar-refractivity contribution in [2.75, 3.05) is 0 Å². The van der Waals surface area contributed by atoms with Crippen molar-refractivity contribution in [3.05, 3.63) is 65.5 Å². The second kappa shape index (κ2) is 9.17. The lowest BCUT2D eigenvalue weighted by Gasteiger charge is -2.25. The number of rotatable bonds is 9. The third kappa shape index (κ3) is 6.65. The van der Waals surface area contributed by atoms with Crippen molar-refractivity contribution < 1.29 is 0 Å². The molecular weight excluding hydrogens is 302 g/mol. The minimum atomic E-state index is 0.290. The van der Waals surface area contributed by atoms with Crippen molar-refractivity contribution in [3.63, 3.8) is 0 Å². The van der Waals surface area contributed by atoms with Gasteiger partial charge in [-0.15, -0.1) is 0 Å². The Morgan fingerprint density at radius 3 is 2.40 bits per heavy atom. The zero-order valence-corrected chi connectivity index (χ0v) is 16.8. The molecule has 1 unspecified atom stereocenters. The molecule has 1 nitrogen and oxygen atoms in total. The number of pyridine rings is 1. The van der Waals surface area contributed by atoms with Crippen molar-refractivity contribution >= 4 is 0 Å². The average molecular weight is 338 g/mol. The fourth-order valence-corrected chi connectivity index (χ4v) is 3.67. The van der Waals surface area contributed by atoms with E-state index < -0.39 is 0 Å². The number of hydrogen-bond acceptors (Lipinski definition) is 1. The lowest BCUT2D eigenvalue weighted by molar-refractivity contribution is 0.331. The Morgan fingerprint density at radius 1 is 1.00 bits per heavy atom. The van der Waals surface area contributed by atoms with Gasteiger partial charge in [-0.2, -0.15) is 0 Å². The van der Waals surface area contributed by atoms with E-state index in [0.717, 1.165) is 31.1 Å². The molecule has 1 atom stereocenters. The summed E-state index contributed by atoms with van der Waals surface area (Å²) in [6.07, 6.45) is 7.71. The molecule has 0 saturated heterocycles. The number of benzene rings is 1. The maximum atomic E-state index is 4.46. The van der Waals surface area contributed by atoms with E-state index in [0.29, 0.717) is 5.41 Å². The Bertz CT molecular complexity index is 628.